The lowest BCUT2D eigenvalue weighted by Crippen LogP contribution is -2.18. The lowest BCUT2D eigenvalue weighted by atomic mass is 9.89. The molecule has 1 aliphatic rings. The monoisotopic (exact) mass is 280 g/mol. The number of benzene rings is 1. The first kappa shape index (κ1) is 14.4. The minimum absolute atomic E-state index is 0.0620. The highest BCUT2D eigenvalue weighted by atomic mass is 35.5. The highest BCUT2D eigenvalue weighted by Crippen LogP contribution is 2.43. The molecule has 0 aromatic heterocycles. The summed E-state index contributed by atoms with van der Waals surface area (Å²) in [5.74, 6) is 0.288. The van der Waals surface area contributed by atoms with Gasteiger partial charge < -0.3 is 11.1 Å². The van der Waals surface area contributed by atoms with Crippen molar-refractivity contribution in [1.82, 2.24) is 0 Å². The van der Waals surface area contributed by atoms with E-state index in [0.29, 0.717) is 10.9 Å². The molecule has 0 fully saturated rings. The largest absolute Gasteiger partial charge is 0.325 e. The van der Waals surface area contributed by atoms with Crippen LogP contribution in [0.5, 0.6) is 0 Å². The Labute approximate surface area is 119 Å². The van der Waals surface area contributed by atoms with Crippen molar-refractivity contribution >= 4 is 23.2 Å². The van der Waals surface area contributed by atoms with Crippen molar-refractivity contribution in [2.24, 2.45) is 11.7 Å². The lowest BCUT2D eigenvalue weighted by Gasteiger charge is -2.21. The number of amides is 1. The Morgan fingerprint density at radius 2 is 2.11 bits per heavy atom. The highest BCUT2D eigenvalue weighted by Gasteiger charge is 2.32. The molecule has 104 valence electrons. The first-order chi connectivity index (χ1) is 8.88. The van der Waals surface area contributed by atoms with Crippen LogP contribution in [0.25, 0.3) is 0 Å². The van der Waals surface area contributed by atoms with Crippen LogP contribution in [0.4, 0.5) is 5.69 Å². The first-order valence-corrected chi connectivity index (χ1v) is 7.15. The Balaban J connectivity index is 2.60. The third-order valence-corrected chi connectivity index (χ3v) is 4.48. The molecule has 0 spiro atoms. The van der Waals surface area contributed by atoms with Crippen LogP contribution in [0.2, 0.25) is 5.02 Å². The quantitative estimate of drug-likeness (QED) is 0.886. The van der Waals surface area contributed by atoms with Crippen molar-refractivity contribution in [2.45, 2.75) is 46.1 Å². The maximum Gasteiger partial charge on any atom is 0.232 e. The predicted molar refractivity (Wildman–Crippen MR) is 79.6 cm³/mol. The Bertz CT molecular complexity index is 525. The van der Waals surface area contributed by atoms with Crippen molar-refractivity contribution in [2.75, 3.05) is 5.32 Å². The van der Waals surface area contributed by atoms with Crippen molar-refractivity contribution in [3.05, 3.63) is 27.8 Å². The molecule has 1 aromatic carbocycles. The number of nitrogens with one attached hydrogen (secondary N) is 1. The summed E-state index contributed by atoms with van der Waals surface area (Å²) in [4.78, 5) is 12.0. The number of anilines is 1. The molecule has 1 heterocycles. The van der Waals surface area contributed by atoms with E-state index in [4.69, 9.17) is 17.3 Å². The van der Waals surface area contributed by atoms with E-state index < -0.39 is 0 Å². The van der Waals surface area contributed by atoms with Crippen LogP contribution in [0.1, 0.15) is 55.8 Å². The van der Waals surface area contributed by atoms with E-state index >= 15 is 0 Å². The standard InChI is InChI=1S/C15H21ClN2O/c1-5-9-10-6-11(13(17)7(2)3)12(16)8(4)14(10)18-15(9)19/h6-7,9,13H,5,17H2,1-4H3,(H,18,19). The zero-order valence-corrected chi connectivity index (χ0v) is 12.6. The third kappa shape index (κ3) is 2.26. The number of nitrogens with two attached hydrogens (primary N) is 1. The number of hydrogen-bond donors (Lipinski definition) is 2. The average molecular weight is 281 g/mol. The molecular formula is C15H21ClN2O. The first-order valence-electron chi connectivity index (χ1n) is 6.77. The van der Waals surface area contributed by atoms with Crippen LogP contribution < -0.4 is 11.1 Å². The van der Waals surface area contributed by atoms with Gasteiger partial charge in [0.1, 0.15) is 0 Å². The Kier molecular flexibility index (Phi) is 3.88. The van der Waals surface area contributed by atoms with Crippen LogP contribution in [-0.2, 0) is 4.79 Å². The van der Waals surface area contributed by atoms with Crippen LogP contribution in [0, 0.1) is 12.8 Å². The highest BCUT2D eigenvalue weighted by molar-refractivity contribution is 6.33. The Morgan fingerprint density at radius 1 is 1.47 bits per heavy atom. The number of rotatable bonds is 3. The molecule has 0 aliphatic carbocycles. The maximum absolute atomic E-state index is 12.0. The van der Waals surface area contributed by atoms with Crippen LogP contribution in [0.15, 0.2) is 6.07 Å². The molecule has 3 nitrogen and oxygen atoms in total. The van der Waals surface area contributed by atoms with Gasteiger partial charge in [0.25, 0.3) is 0 Å². The summed E-state index contributed by atoms with van der Waals surface area (Å²) in [5, 5.41) is 3.62. The predicted octanol–water partition coefficient (Wildman–Crippen LogP) is 3.75. The SMILES string of the molecule is CCC1C(=O)Nc2c1cc(C(N)C(C)C)c(Cl)c2C. The van der Waals surface area contributed by atoms with Gasteiger partial charge in [0, 0.05) is 11.7 Å². The molecule has 19 heavy (non-hydrogen) atoms. The molecule has 2 rings (SSSR count). The second-order valence-corrected chi connectivity index (χ2v) is 5.97. The van der Waals surface area contributed by atoms with Gasteiger partial charge in [-0.15, -0.1) is 0 Å². The summed E-state index contributed by atoms with van der Waals surface area (Å²) >= 11 is 6.42. The second kappa shape index (κ2) is 5.14. The van der Waals surface area contributed by atoms with Crippen molar-refractivity contribution < 1.29 is 4.79 Å². The van der Waals surface area contributed by atoms with Crippen LogP contribution in [0.3, 0.4) is 0 Å². The molecule has 0 radical (unpaired) electrons. The minimum Gasteiger partial charge on any atom is -0.325 e. The molecule has 1 aliphatic heterocycles. The second-order valence-electron chi connectivity index (χ2n) is 5.59. The van der Waals surface area contributed by atoms with Gasteiger partial charge in [-0.25, -0.2) is 0 Å². The van der Waals surface area contributed by atoms with Crippen LogP contribution >= 0.6 is 11.6 Å². The molecule has 3 N–H and O–H groups in total. The molecule has 0 bridgehead atoms. The molecule has 1 amide bonds. The number of carbonyl (C=O) groups excluding carboxylic acids is 1. The van der Waals surface area contributed by atoms with Gasteiger partial charge in [0.15, 0.2) is 0 Å². The summed E-state index contributed by atoms with van der Waals surface area (Å²) in [5.41, 5.74) is 10.0. The maximum atomic E-state index is 12.0. The topological polar surface area (TPSA) is 55.1 Å². The van der Waals surface area contributed by atoms with Gasteiger partial charge in [-0.1, -0.05) is 32.4 Å². The smallest absolute Gasteiger partial charge is 0.232 e. The lowest BCUT2D eigenvalue weighted by molar-refractivity contribution is -0.117. The van der Waals surface area contributed by atoms with E-state index in [2.05, 4.69) is 19.2 Å². The summed E-state index contributed by atoms with van der Waals surface area (Å²) in [7, 11) is 0. The molecule has 1 aromatic rings. The summed E-state index contributed by atoms with van der Waals surface area (Å²) < 4.78 is 0. The normalized spacial score (nSPS) is 19.5. The van der Waals surface area contributed by atoms with Crippen LogP contribution in [-0.4, -0.2) is 5.91 Å². The molecule has 2 atom stereocenters. The van der Waals surface area contributed by atoms with Crippen molar-refractivity contribution in [1.29, 1.82) is 0 Å². The van der Waals surface area contributed by atoms with Crippen molar-refractivity contribution in [3.8, 4) is 0 Å². The van der Waals surface area contributed by atoms with E-state index in [1.54, 1.807) is 0 Å². The minimum atomic E-state index is -0.107. The number of fused-ring (bicyclic) bond motifs is 1. The number of halogens is 1. The third-order valence-electron chi connectivity index (χ3n) is 3.98. The fourth-order valence-electron chi connectivity index (χ4n) is 2.65. The fraction of sp³-hybridized carbons (Fsp3) is 0.533. The van der Waals surface area contributed by atoms with Crippen molar-refractivity contribution in [3.63, 3.8) is 0 Å². The van der Waals surface area contributed by atoms with Gasteiger partial charge in [-0.3, -0.25) is 4.79 Å². The summed E-state index contributed by atoms with van der Waals surface area (Å²) in [6.45, 7) is 8.11. The number of carbonyl (C=O) groups is 1. The summed E-state index contributed by atoms with van der Waals surface area (Å²) in [6.07, 6.45) is 0.788. The molecule has 2 unspecified atom stereocenters. The van der Waals surface area contributed by atoms with E-state index in [-0.39, 0.29) is 17.9 Å². The molecule has 0 saturated heterocycles. The zero-order chi connectivity index (χ0) is 14.3. The van der Waals surface area contributed by atoms with E-state index in [0.717, 1.165) is 28.8 Å². The Morgan fingerprint density at radius 3 is 2.63 bits per heavy atom. The van der Waals surface area contributed by atoms with Gasteiger partial charge >= 0.3 is 0 Å². The molecular weight excluding hydrogens is 260 g/mol. The van der Waals surface area contributed by atoms with Gasteiger partial charge in [0.2, 0.25) is 5.91 Å². The molecule has 0 saturated carbocycles. The van der Waals surface area contributed by atoms with E-state index in [1.165, 1.54) is 0 Å². The molecule has 4 heteroatoms. The van der Waals surface area contributed by atoms with E-state index in [1.807, 2.05) is 19.9 Å². The van der Waals surface area contributed by atoms with E-state index in [9.17, 15) is 4.79 Å². The van der Waals surface area contributed by atoms with Gasteiger partial charge in [-0.2, -0.15) is 0 Å². The fourth-order valence-corrected chi connectivity index (χ4v) is 2.92. The zero-order valence-electron chi connectivity index (χ0n) is 11.9. The Hall–Kier alpha value is -1.06. The summed E-state index contributed by atoms with van der Waals surface area (Å²) in [6, 6.07) is 1.91. The average Bonchev–Trinajstić information content (AvgIpc) is 2.68. The number of hydrogen-bond acceptors (Lipinski definition) is 2. The van der Waals surface area contributed by atoms with Gasteiger partial charge in [-0.05, 0) is 42.0 Å². The van der Waals surface area contributed by atoms with Gasteiger partial charge in [0.05, 0.1) is 10.9 Å².